The molecule has 2 aromatic carbocycles. The van der Waals surface area contributed by atoms with Crippen LogP contribution in [0.25, 0.3) is 0 Å². The number of amides is 2. The van der Waals surface area contributed by atoms with E-state index < -0.39 is 9.84 Å². The highest BCUT2D eigenvalue weighted by Gasteiger charge is 2.41. The molecular weight excluding hydrogens is 490 g/mol. The highest BCUT2D eigenvalue weighted by Crippen LogP contribution is 2.33. The minimum Gasteiger partial charge on any atom is -0.381 e. The fraction of sp³-hybridized carbons (Fsp3) is 0.500. The third kappa shape index (κ3) is 6.05. The summed E-state index contributed by atoms with van der Waals surface area (Å²) in [5, 5.41) is 3.27. The zero-order chi connectivity index (χ0) is 26.0. The van der Waals surface area contributed by atoms with Crippen molar-refractivity contribution in [1.82, 2.24) is 15.1 Å². The van der Waals surface area contributed by atoms with Gasteiger partial charge < -0.3 is 19.9 Å². The number of benzene rings is 2. The summed E-state index contributed by atoms with van der Waals surface area (Å²) in [5.74, 6) is 0.829. The van der Waals surface area contributed by atoms with Crippen LogP contribution in [0, 0.1) is 17.8 Å². The van der Waals surface area contributed by atoms with E-state index in [0.29, 0.717) is 43.7 Å². The lowest BCUT2D eigenvalue weighted by Gasteiger charge is -2.25. The van der Waals surface area contributed by atoms with E-state index in [4.69, 9.17) is 4.74 Å². The Labute approximate surface area is 218 Å². The van der Waals surface area contributed by atoms with Gasteiger partial charge in [-0.15, -0.1) is 0 Å². The number of carbonyl (C=O) groups is 2. The molecule has 1 N–H and O–H groups in total. The molecule has 2 amide bonds. The molecule has 3 aliphatic heterocycles. The van der Waals surface area contributed by atoms with Gasteiger partial charge in [0.05, 0.1) is 23.5 Å². The molecule has 9 heteroatoms. The Hall–Kier alpha value is -2.75. The highest BCUT2D eigenvalue weighted by atomic mass is 32.2. The van der Waals surface area contributed by atoms with Crippen molar-refractivity contribution >= 4 is 21.7 Å². The van der Waals surface area contributed by atoms with E-state index >= 15 is 0 Å². The summed E-state index contributed by atoms with van der Waals surface area (Å²) in [5.41, 5.74) is 1.64. The van der Waals surface area contributed by atoms with E-state index in [0.717, 1.165) is 44.3 Å². The van der Waals surface area contributed by atoms with Crippen LogP contribution in [0.5, 0.6) is 0 Å². The van der Waals surface area contributed by atoms with Crippen molar-refractivity contribution in [2.24, 2.45) is 17.8 Å². The highest BCUT2D eigenvalue weighted by molar-refractivity contribution is 7.90. The van der Waals surface area contributed by atoms with Gasteiger partial charge in [0, 0.05) is 51.1 Å². The Kier molecular flexibility index (Phi) is 7.65. The molecule has 0 spiro atoms. The number of nitrogens with zero attached hydrogens (tertiary/aromatic N) is 2. The summed E-state index contributed by atoms with van der Waals surface area (Å²) in [4.78, 5) is 30.4. The molecule has 0 saturated carbocycles. The minimum absolute atomic E-state index is 0.0382. The lowest BCUT2D eigenvalue weighted by molar-refractivity contribution is -0.125. The molecule has 3 saturated heterocycles. The normalized spacial score (nSPS) is 24.7. The van der Waals surface area contributed by atoms with Gasteiger partial charge in [0.2, 0.25) is 5.91 Å². The second kappa shape index (κ2) is 10.9. The van der Waals surface area contributed by atoms with Crippen LogP contribution in [0.2, 0.25) is 0 Å². The largest absolute Gasteiger partial charge is 0.381 e. The van der Waals surface area contributed by atoms with Gasteiger partial charge in [-0.3, -0.25) is 9.59 Å². The predicted octanol–water partition coefficient (Wildman–Crippen LogP) is 2.38. The number of hydrogen-bond donors (Lipinski definition) is 1. The molecule has 3 aliphatic rings. The van der Waals surface area contributed by atoms with Crippen molar-refractivity contribution in [3.05, 3.63) is 65.7 Å². The van der Waals surface area contributed by atoms with Gasteiger partial charge in [-0.05, 0) is 54.5 Å². The maximum absolute atomic E-state index is 13.0. The zero-order valence-electron chi connectivity index (χ0n) is 21.2. The second-order valence-corrected chi connectivity index (χ2v) is 12.6. The number of ether oxygens (including phenoxy) is 1. The molecule has 0 aromatic heterocycles. The monoisotopic (exact) mass is 525 g/mol. The van der Waals surface area contributed by atoms with E-state index in [2.05, 4.69) is 22.3 Å². The van der Waals surface area contributed by atoms with Crippen LogP contribution >= 0.6 is 0 Å². The van der Waals surface area contributed by atoms with Crippen molar-refractivity contribution in [2.75, 3.05) is 52.2 Å². The van der Waals surface area contributed by atoms with Crippen LogP contribution in [0.3, 0.4) is 0 Å². The van der Waals surface area contributed by atoms with Gasteiger partial charge >= 0.3 is 0 Å². The average molecular weight is 526 g/mol. The first-order valence-corrected chi connectivity index (χ1v) is 14.9. The number of sulfone groups is 1. The quantitative estimate of drug-likeness (QED) is 0.569. The fourth-order valence-corrected chi connectivity index (χ4v) is 6.45. The van der Waals surface area contributed by atoms with Gasteiger partial charge in [-0.2, -0.15) is 0 Å². The first kappa shape index (κ1) is 25.9. The first-order valence-electron chi connectivity index (χ1n) is 13.0. The van der Waals surface area contributed by atoms with E-state index in [1.807, 2.05) is 23.1 Å². The van der Waals surface area contributed by atoms with E-state index in [9.17, 15) is 18.0 Å². The van der Waals surface area contributed by atoms with Crippen molar-refractivity contribution in [3.63, 3.8) is 0 Å². The Morgan fingerprint density at radius 1 is 1.00 bits per heavy atom. The number of likely N-dealkylation sites (tertiary alicyclic amines) is 2. The molecule has 3 unspecified atom stereocenters. The number of rotatable bonds is 8. The molecule has 3 fully saturated rings. The summed E-state index contributed by atoms with van der Waals surface area (Å²) in [6, 6.07) is 16.3. The molecule has 3 heterocycles. The average Bonchev–Trinajstić information content (AvgIpc) is 3.63. The molecule has 37 heavy (non-hydrogen) atoms. The fourth-order valence-electron chi connectivity index (χ4n) is 5.82. The van der Waals surface area contributed by atoms with Gasteiger partial charge in [-0.1, -0.05) is 30.3 Å². The molecular formula is C28H35N3O5S. The molecule has 5 rings (SSSR count). The van der Waals surface area contributed by atoms with Crippen molar-refractivity contribution in [1.29, 1.82) is 0 Å². The number of hydrogen-bond acceptors (Lipinski definition) is 6. The van der Waals surface area contributed by atoms with Gasteiger partial charge in [0.25, 0.3) is 5.91 Å². The third-order valence-electron chi connectivity index (χ3n) is 7.93. The summed E-state index contributed by atoms with van der Waals surface area (Å²) in [6.45, 7) is 5.34. The molecule has 198 valence electrons. The summed E-state index contributed by atoms with van der Waals surface area (Å²) in [7, 11) is -3.28. The summed E-state index contributed by atoms with van der Waals surface area (Å²) >= 11 is 0. The molecule has 2 aromatic rings. The van der Waals surface area contributed by atoms with E-state index in [-0.39, 0.29) is 28.7 Å². The molecule has 8 nitrogen and oxygen atoms in total. The van der Waals surface area contributed by atoms with Crippen molar-refractivity contribution in [3.8, 4) is 0 Å². The predicted molar refractivity (Wildman–Crippen MR) is 140 cm³/mol. The topological polar surface area (TPSA) is 96.0 Å². The van der Waals surface area contributed by atoms with Gasteiger partial charge in [0.15, 0.2) is 9.84 Å². The number of nitrogens with one attached hydrogen (secondary N) is 1. The van der Waals surface area contributed by atoms with Crippen LogP contribution in [-0.2, 0) is 19.4 Å². The molecule has 0 aliphatic carbocycles. The van der Waals surface area contributed by atoms with Crippen LogP contribution in [0.4, 0.5) is 0 Å². The minimum atomic E-state index is -3.28. The Bertz CT molecular complexity index is 1200. The SMILES string of the molecule is CS(=O)(=O)c1ccc(C(=O)N2CC3CN(CC[C@H](NC(=O)C4CCOC4)c4ccccc4)CC3C2)cc1. The van der Waals surface area contributed by atoms with Crippen LogP contribution in [-0.4, -0.2) is 82.2 Å². The van der Waals surface area contributed by atoms with E-state index in [1.165, 1.54) is 12.1 Å². The van der Waals surface area contributed by atoms with Gasteiger partial charge in [0.1, 0.15) is 0 Å². The molecule has 4 atom stereocenters. The zero-order valence-corrected chi connectivity index (χ0v) is 22.0. The summed E-state index contributed by atoms with van der Waals surface area (Å²) in [6.07, 6.45) is 2.77. The lowest BCUT2D eigenvalue weighted by Crippen LogP contribution is -2.37. The molecule has 0 bridgehead atoms. The Morgan fingerprint density at radius 3 is 2.27 bits per heavy atom. The van der Waals surface area contributed by atoms with E-state index in [1.54, 1.807) is 12.1 Å². The molecule has 0 radical (unpaired) electrons. The maximum Gasteiger partial charge on any atom is 0.253 e. The Balaban J connectivity index is 1.15. The van der Waals surface area contributed by atoms with Crippen molar-refractivity contribution < 1.29 is 22.7 Å². The lowest BCUT2D eigenvalue weighted by atomic mass is 10.0. The number of fused-ring (bicyclic) bond motifs is 1. The van der Waals surface area contributed by atoms with Gasteiger partial charge in [-0.25, -0.2) is 8.42 Å². The maximum atomic E-state index is 13.0. The van der Waals surface area contributed by atoms with Crippen LogP contribution < -0.4 is 5.32 Å². The van der Waals surface area contributed by atoms with Crippen LogP contribution in [0.15, 0.2) is 59.5 Å². The number of carbonyl (C=O) groups excluding carboxylic acids is 2. The summed E-state index contributed by atoms with van der Waals surface area (Å²) < 4.78 is 28.8. The second-order valence-electron chi connectivity index (χ2n) is 10.6. The Morgan fingerprint density at radius 2 is 1.68 bits per heavy atom. The standard InChI is InChI=1S/C28H35N3O5S/c1-37(34,35)25-9-7-21(8-10-25)28(33)31-17-23-15-30(16-24(23)18-31)13-11-26(20-5-3-2-4-6-20)29-27(32)22-12-14-36-19-22/h2-10,22-24,26H,11-19H2,1H3,(H,29,32)/t22?,23?,24?,26-/m0/s1. The smallest absolute Gasteiger partial charge is 0.253 e. The van der Waals surface area contributed by atoms with Crippen LogP contribution in [0.1, 0.15) is 34.8 Å². The van der Waals surface area contributed by atoms with Crippen molar-refractivity contribution in [2.45, 2.75) is 23.8 Å². The third-order valence-corrected chi connectivity index (χ3v) is 9.06. The first-order chi connectivity index (χ1) is 17.8.